The molecule has 0 aliphatic rings. The van der Waals surface area contributed by atoms with E-state index in [4.69, 9.17) is 27.9 Å². The zero-order valence-corrected chi connectivity index (χ0v) is 15.0. The van der Waals surface area contributed by atoms with Crippen LogP contribution >= 0.6 is 23.2 Å². The second-order valence-corrected chi connectivity index (χ2v) is 6.09. The highest BCUT2D eigenvalue weighted by Crippen LogP contribution is 2.28. The number of benzene rings is 1. The van der Waals surface area contributed by atoms with Gasteiger partial charge in [-0.25, -0.2) is 14.5 Å². The fourth-order valence-corrected chi connectivity index (χ4v) is 2.86. The number of aromatic nitrogens is 3. The number of halogens is 2. The van der Waals surface area contributed by atoms with Gasteiger partial charge in [0.2, 0.25) is 5.82 Å². The van der Waals surface area contributed by atoms with Crippen molar-refractivity contribution in [3.8, 4) is 0 Å². The van der Waals surface area contributed by atoms with E-state index in [1.807, 2.05) is 12.1 Å². The van der Waals surface area contributed by atoms with E-state index in [-0.39, 0.29) is 12.4 Å². The van der Waals surface area contributed by atoms with Crippen LogP contribution in [0, 0.1) is 0 Å². The lowest BCUT2D eigenvalue weighted by Crippen LogP contribution is -2.27. The van der Waals surface area contributed by atoms with E-state index in [0.717, 1.165) is 5.56 Å². The van der Waals surface area contributed by atoms with Crippen LogP contribution in [0.1, 0.15) is 42.5 Å². The fraction of sp³-hybridized carbons (Fsp3) is 0.438. The third-order valence-corrected chi connectivity index (χ3v) is 4.50. The molecule has 24 heavy (non-hydrogen) atoms. The minimum absolute atomic E-state index is 0.0694. The highest BCUT2D eigenvalue weighted by molar-refractivity contribution is 6.42. The van der Waals surface area contributed by atoms with Crippen molar-refractivity contribution in [2.24, 2.45) is 0 Å². The number of esters is 1. The molecule has 2 rings (SSSR count). The number of aliphatic hydroxyl groups excluding tert-OH is 1. The molecule has 6 nitrogen and oxygen atoms in total. The van der Waals surface area contributed by atoms with Crippen LogP contribution in [0.4, 0.5) is 0 Å². The average molecular weight is 372 g/mol. The summed E-state index contributed by atoms with van der Waals surface area (Å²) < 4.78 is 6.38. The molecule has 0 saturated heterocycles. The smallest absolute Gasteiger partial charge is 0.376 e. The van der Waals surface area contributed by atoms with E-state index in [1.165, 1.54) is 11.0 Å². The molecule has 0 spiro atoms. The lowest BCUT2D eigenvalue weighted by molar-refractivity contribution is 0.0486. The van der Waals surface area contributed by atoms with Crippen LogP contribution < -0.4 is 0 Å². The van der Waals surface area contributed by atoms with Crippen molar-refractivity contribution < 1.29 is 14.6 Å². The number of aryl methyl sites for hydroxylation is 1. The largest absolute Gasteiger partial charge is 0.460 e. The first-order valence-corrected chi connectivity index (χ1v) is 8.38. The molecule has 1 N–H and O–H groups in total. The summed E-state index contributed by atoms with van der Waals surface area (Å²) in [4.78, 5) is 15.9. The van der Waals surface area contributed by atoms with Crippen LogP contribution in [-0.4, -0.2) is 38.6 Å². The molecule has 2 unspecified atom stereocenters. The van der Waals surface area contributed by atoms with Gasteiger partial charge in [-0.1, -0.05) is 35.3 Å². The van der Waals surface area contributed by atoms with Gasteiger partial charge in [0.15, 0.2) is 0 Å². The highest BCUT2D eigenvalue weighted by Gasteiger charge is 2.25. The van der Waals surface area contributed by atoms with Crippen molar-refractivity contribution in [2.45, 2.75) is 38.8 Å². The van der Waals surface area contributed by atoms with Crippen molar-refractivity contribution in [3.05, 3.63) is 46.0 Å². The number of hydrogen-bond donors (Lipinski definition) is 1. The highest BCUT2D eigenvalue weighted by atomic mass is 35.5. The molecule has 1 aromatic carbocycles. The Labute approximate surface area is 150 Å². The number of carbonyl (C=O) groups excluding carboxylic acids is 1. The van der Waals surface area contributed by atoms with E-state index in [2.05, 4.69) is 10.1 Å². The lowest BCUT2D eigenvalue weighted by atomic mass is 10.0. The number of nitrogens with zero attached hydrogens (tertiary/aromatic N) is 3. The minimum atomic E-state index is -0.738. The first-order valence-electron chi connectivity index (χ1n) is 7.63. The second-order valence-electron chi connectivity index (χ2n) is 5.31. The summed E-state index contributed by atoms with van der Waals surface area (Å²) in [6.07, 6.45) is 1.61. The van der Waals surface area contributed by atoms with Gasteiger partial charge in [-0.3, -0.25) is 0 Å². The van der Waals surface area contributed by atoms with Gasteiger partial charge < -0.3 is 9.84 Å². The summed E-state index contributed by atoms with van der Waals surface area (Å²) in [5.74, 6) is -0.499. The Hall–Kier alpha value is -1.63. The van der Waals surface area contributed by atoms with E-state index >= 15 is 0 Å². The van der Waals surface area contributed by atoms with Crippen LogP contribution in [0.5, 0.6) is 0 Å². The number of carbonyl (C=O) groups is 1. The van der Waals surface area contributed by atoms with Gasteiger partial charge >= 0.3 is 5.97 Å². The van der Waals surface area contributed by atoms with Crippen LogP contribution in [0.3, 0.4) is 0 Å². The monoisotopic (exact) mass is 371 g/mol. The van der Waals surface area contributed by atoms with Crippen molar-refractivity contribution in [3.63, 3.8) is 0 Å². The normalized spacial score (nSPS) is 13.5. The summed E-state index contributed by atoms with van der Waals surface area (Å²) in [7, 11) is 0. The molecule has 0 saturated carbocycles. The molecule has 0 aliphatic carbocycles. The van der Waals surface area contributed by atoms with Gasteiger partial charge in [-0.05, 0) is 38.3 Å². The molecule has 0 aliphatic heterocycles. The molecular weight excluding hydrogens is 353 g/mol. The Morgan fingerprint density at radius 2 is 2.17 bits per heavy atom. The maximum absolute atomic E-state index is 12.0. The first-order chi connectivity index (χ1) is 11.5. The molecule has 8 heteroatoms. The first kappa shape index (κ1) is 18.7. The van der Waals surface area contributed by atoms with E-state index in [0.29, 0.717) is 22.9 Å². The standard InChI is InChI=1S/C16H19Cl2N3O3/c1-3-24-16(23)15-19-9-20-21(15)13(10(2)22)8-7-11-5-4-6-12(17)14(11)18/h4-6,9-10,13,22H,3,7-8H2,1-2H3. The Balaban J connectivity index is 2.20. The van der Waals surface area contributed by atoms with Gasteiger partial charge in [-0.2, -0.15) is 5.10 Å². The topological polar surface area (TPSA) is 77.2 Å². The number of rotatable bonds is 7. The molecule has 0 fully saturated rings. The Kier molecular flexibility index (Phi) is 6.60. The van der Waals surface area contributed by atoms with Crippen molar-refractivity contribution in [2.75, 3.05) is 6.61 Å². The van der Waals surface area contributed by atoms with Crippen LogP contribution in [0.2, 0.25) is 10.0 Å². The zero-order valence-electron chi connectivity index (χ0n) is 13.4. The molecule has 0 amide bonds. The molecule has 1 aromatic heterocycles. The Morgan fingerprint density at radius 1 is 1.42 bits per heavy atom. The van der Waals surface area contributed by atoms with Crippen molar-refractivity contribution >= 4 is 29.2 Å². The van der Waals surface area contributed by atoms with Gasteiger partial charge in [0.25, 0.3) is 0 Å². The molecule has 2 aromatic rings. The molecule has 2 atom stereocenters. The SMILES string of the molecule is CCOC(=O)c1ncnn1C(CCc1cccc(Cl)c1Cl)C(C)O. The van der Waals surface area contributed by atoms with Gasteiger partial charge in [0.05, 0.1) is 28.8 Å². The quantitative estimate of drug-likeness (QED) is 0.755. The number of ether oxygens (including phenoxy) is 1. The average Bonchev–Trinajstić information content (AvgIpc) is 3.01. The van der Waals surface area contributed by atoms with Crippen LogP contribution in [0.15, 0.2) is 24.5 Å². The number of hydrogen-bond acceptors (Lipinski definition) is 5. The Morgan fingerprint density at radius 3 is 2.83 bits per heavy atom. The third-order valence-electron chi connectivity index (χ3n) is 3.64. The third kappa shape index (κ3) is 4.26. The maximum atomic E-state index is 12.0. The molecule has 130 valence electrons. The Bertz CT molecular complexity index is 704. The zero-order chi connectivity index (χ0) is 17.7. The second kappa shape index (κ2) is 8.46. The van der Waals surface area contributed by atoms with E-state index in [9.17, 15) is 9.90 Å². The summed E-state index contributed by atoms with van der Waals surface area (Å²) in [6, 6.07) is 4.97. The lowest BCUT2D eigenvalue weighted by Gasteiger charge is -2.21. The molecule has 1 heterocycles. The van der Waals surface area contributed by atoms with Crippen molar-refractivity contribution in [1.82, 2.24) is 14.8 Å². The summed E-state index contributed by atoms with van der Waals surface area (Å²) in [5, 5.41) is 15.2. The van der Waals surface area contributed by atoms with Crippen LogP contribution in [0.25, 0.3) is 0 Å². The fourth-order valence-electron chi connectivity index (χ4n) is 2.45. The molecule has 0 radical (unpaired) electrons. The predicted octanol–water partition coefficient (Wildman–Crippen LogP) is 3.32. The van der Waals surface area contributed by atoms with Gasteiger partial charge in [-0.15, -0.1) is 0 Å². The molecular formula is C16H19Cl2N3O3. The van der Waals surface area contributed by atoms with Gasteiger partial charge in [0, 0.05) is 0 Å². The molecule has 0 bridgehead atoms. The summed E-state index contributed by atoms with van der Waals surface area (Å²) >= 11 is 12.2. The van der Waals surface area contributed by atoms with E-state index in [1.54, 1.807) is 19.9 Å². The van der Waals surface area contributed by atoms with E-state index < -0.39 is 18.1 Å². The van der Waals surface area contributed by atoms with Crippen LogP contribution in [-0.2, 0) is 11.2 Å². The summed E-state index contributed by atoms with van der Waals surface area (Å²) in [5.41, 5.74) is 0.868. The predicted molar refractivity (Wildman–Crippen MR) is 91.5 cm³/mol. The minimum Gasteiger partial charge on any atom is -0.460 e. The summed E-state index contributed by atoms with van der Waals surface area (Å²) in [6.45, 7) is 3.59. The maximum Gasteiger partial charge on any atom is 0.376 e. The number of aliphatic hydroxyl groups is 1. The van der Waals surface area contributed by atoms with Crippen molar-refractivity contribution in [1.29, 1.82) is 0 Å². The van der Waals surface area contributed by atoms with Gasteiger partial charge in [0.1, 0.15) is 6.33 Å².